The van der Waals surface area contributed by atoms with Crippen molar-refractivity contribution in [2.45, 2.75) is 19.9 Å². The minimum Gasteiger partial charge on any atom is -0.394 e. The maximum atomic E-state index is 11.4. The van der Waals surface area contributed by atoms with Crippen LogP contribution < -0.4 is 10.6 Å². The summed E-state index contributed by atoms with van der Waals surface area (Å²) in [4.78, 5) is 15.4. The highest BCUT2D eigenvalue weighted by Crippen LogP contribution is 2.13. The summed E-state index contributed by atoms with van der Waals surface area (Å²) in [5.74, 6) is 0.0790. The number of carbonyl (C=O) groups excluding carboxylic acids is 1. The number of rotatable bonds is 5. The summed E-state index contributed by atoms with van der Waals surface area (Å²) < 4.78 is 0. The first kappa shape index (κ1) is 13.4. The predicted octanol–water partition coefficient (Wildman–Crippen LogP) is 0.870. The summed E-state index contributed by atoms with van der Waals surface area (Å²) >= 11 is 0. The van der Waals surface area contributed by atoms with Crippen molar-refractivity contribution >= 4 is 11.6 Å². The third-order valence-corrected chi connectivity index (χ3v) is 2.57. The molecule has 1 atom stereocenters. The summed E-state index contributed by atoms with van der Waals surface area (Å²) in [5, 5.41) is 14.9. The first-order chi connectivity index (χ1) is 8.08. The predicted molar refractivity (Wildman–Crippen MR) is 67.0 cm³/mol. The normalized spacial score (nSPS) is 12.3. The SMILES string of the molecule is CNC(=O)c1cc(N[C@H](CO)C(C)C)ccn1. The van der Waals surface area contributed by atoms with Crippen LogP contribution in [0, 0.1) is 5.92 Å². The van der Waals surface area contributed by atoms with Crippen molar-refractivity contribution in [3.8, 4) is 0 Å². The van der Waals surface area contributed by atoms with Crippen LogP contribution in [0.25, 0.3) is 0 Å². The molecule has 0 aliphatic carbocycles. The van der Waals surface area contributed by atoms with Crippen LogP contribution in [0.2, 0.25) is 0 Å². The Labute approximate surface area is 101 Å². The van der Waals surface area contributed by atoms with Crippen LogP contribution in [0.3, 0.4) is 0 Å². The van der Waals surface area contributed by atoms with Gasteiger partial charge in [0.25, 0.3) is 5.91 Å². The molecular formula is C12H19N3O2. The second-order valence-electron chi connectivity index (χ2n) is 4.19. The van der Waals surface area contributed by atoms with Gasteiger partial charge in [-0.1, -0.05) is 13.8 Å². The van der Waals surface area contributed by atoms with Crippen molar-refractivity contribution in [1.29, 1.82) is 0 Å². The summed E-state index contributed by atoms with van der Waals surface area (Å²) in [6, 6.07) is 3.41. The van der Waals surface area contributed by atoms with Crippen molar-refractivity contribution in [2.24, 2.45) is 5.92 Å². The molecule has 0 fully saturated rings. The smallest absolute Gasteiger partial charge is 0.269 e. The third-order valence-electron chi connectivity index (χ3n) is 2.57. The van der Waals surface area contributed by atoms with Gasteiger partial charge >= 0.3 is 0 Å². The van der Waals surface area contributed by atoms with Gasteiger partial charge in [0.1, 0.15) is 5.69 Å². The number of carbonyl (C=O) groups is 1. The molecule has 0 saturated heterocycles. The van der Waals surface area contributed by atoms with E-state index in [1.165, 1.54) is 0 Å². The molecule has 0 unspecified atom stereocenters. The quantitative estimate of drug-likeness (QED) is 0.710. The summed E-state index contributed by atoms with van der Waals surface area (Å²) in [5.41, 5.74) is 1.14. The lowest BCUT2D eigenvalue weighted by atomic mass is 10.1. The third kappa shape index (κ3) is 3.71. The molecule has 0 bridgehead atoms. The second kappa shape index (κ2) is 6.20. The van der Waals surface area contributed by atoms with Gasteiger partial charge in [0.15, 0.2) is 0 Å². The highest BCUT2D eigenvalue weighted by molar-refractivity contribution is 5.92. The fourth-order valence-corrected chi connectivity index (χ4v) is 1.41. The van der Waals surface area contributed by atoms with Crippen molar-refractivity contribution < 1.29 is 9.90 Å². The van der Waals surface area contributed by atoms with Gasteiger partial charge < -0.3 is 15.7 Å². The molecule has 94 valence electrons. The molecule has 17 heavy (non-hydrogen) atoms. The van der Waals surface area contributed by atoms with E-state index in [0.717, 1.165) is 5.69 Å². The Balaban J connectivity index is 2.81. The van der Waals surface area contributed by atoms with E-state index in [9.17, 15) is 9.90 Å². The Hall–Kier alpha value is -1.62. The molecule has 0 aromatic carbocycles. The van der Waals surface area contributed by atoms with Crippen molar-refractivity contribution in [1.82, 2.24) is 10.3 Å². The number of pyridine rings is 1. The number of nitrogens with zero attached hydrogens (tertiary/aromatic N) is 1. The van der Waals surface area contributed by atoms with Gasteiger partial charge in [-0.25, -0.2) is 0 Å². The van der Waals surface area contributed by atoms with Gasteiger partial charge in [-0.2, -0.15) is 0 Å². The molecule has 1 aromatic rings. The highest BCUT2D eigenvalue weighted by Gasteiger charge is 2.12. The zero-order valence-corrected chi connectivity index (χ0v) is 10.4. The van der Waals surface area contributed by atoms with E-state index < -0.39 is 0 Å². The fraction of sp³-hybridized carbons (Fsp3) is 0.500. The zero-order valence-electron chi connectivity index (χ0n) is 10.4. The van der Waals surface area contributed by atoms with E-state index in [1.807, 2.05) is 13.8 Å². The second-order valence-corrected chi connectivity index (χ2v) is 4.19. The van der Waals surface area contributed by atoms with Crippen molar-refractivity contribution in [2.75, 3.05) is 19.0 Å². The van der Waals surface area contributed by atoms with Gasteiger partial charge in [-0.15, -0.1) is 0 Å². The molecule has 0 aliphatic rings. The number of hydrogen-bond acceptors (Lipinski definition) is 4. The van der Waals surface area contributed by atoms with E-state index in [1.54, 1.807) is 25.4 Å². The van der Waals surface area contributed by atoms with Crippen LogP contribution >= 0.6 is 0 Å². The molecule has 1 heterocycles. The topological polar surface area (TPSA) is 74.2 Å². The van der Waals surface area contributed by atoms with E-state index in [2.05, 4.69) is 15.6 Å². The molecular weight excluding hydrogens is 218 g/mol. The zero-order chi connectivity index (χ0) is 12.8. The largest absolute Gasteiger partial charge is 0.394 e. The van der Waals surface area contributed by atoms with Gasteiger partial charge in [0.05, 0.1) is 12.6 Å². The van der Waals surface area contributed by atoms with Crippen LogP contribution in [-0.2, 0) is 0 Å². The highest BCUT2D eigenvalue weighted by atomic mass is 16.3. The Morgan fingerprint density at radius 2 is 2.24 bits per heavy atom. The Bertz CT molecular complexity index is 380. The molecule has 1 aromatic heterocycles. The van der Waals surface area contributed by atoms with Gasteiger partial charge in [-0.05, 0) is 18.1 Å². The molecule has 0 spiro atoms. The molecule has 0 radical (unpaired) electrons. The molecule has 5 heteroatoms. The lowest BCUT2D eigenvalue weighted by Crippen LogP contribution is -2.29. The lowest BCUT2D eigenvalue weighted by Gasteiger charge is -2.21. The molecule has 3 N–H and O–H groups in total. The monoisotopic (exact) mass is 237 g/mol. The maximum absolute atomic E-state index is 11.4. The summed E-state index contributed by atoms with van der Waals surface area (Å²) in [7, 11) is 1.56. The van der Waals surface area contributed by atoms with Gasteiger partial charge in [0, 0.05) is 18.9 Å². The average Bonchev–Trinajstić information content (AvgIpc) is 2.34. The standard InChI is InChI=1S/C12H19N3O2/c1-8(2)11(7-16)15-9-4-5-14-10(6-9)12(17)13-3/h4-6,8,11,16H,7H2,1-3H3,(H,13,17)(H,14,15)/t11-/m1/s1. The molecule has 1 rings (SSSR count). The number of aromatic nitrogens is 1. The van der Waals surface area contributed by atoms with Crippen molar-refractivity contribution in [3.05, 3.63) is 24.0 Å². The van der Waals surface area contributed by atoms with Gasteiger partial charge in [-0.3, -0.25) is 9.78 Å². The first-order valence-electron chi connectivity index (χ1n) is 5.64. The maximum Gasteiger partial charge on any atom is 0.269 e. The number of nitrogens with one attached hydrogen (secondary N) is 2. The number of aliphatic hydroxyl groups excluding tert-OH is 1. The first-order valence-corrected chi connectivity index (χ1v) is 5.64. The van der Waals surface area contributed by atoms with Crippen LogP contribution in [0.1, 0.15) is 24.3 Å². The van der Waals surface area contributed by atoms with Gasteiger partial charge in [0.2, 0.25) is 0 Å². The van der Waals surface area contributed by atoms with E-state index in [-0.39, 0.29) is 18.6 Å². The number of anilines is 1. The van der Waals surface area contributed by atoms with Crippen LogP contribution in [0.4, 0.5) is 5.69 Å². The number of hydrogen-bond donors (Lipinski definition) is 3. The van der Waals surface area contributed by atoms with E-state index in [0.29, 0.717) is 11.6 Å². The van der Waals surface area contributed by atoms with Crippen LogP contribution in [0.5, 0.6) is 0 Å². The number of aliphatic hydroxyl groups is 1. The van der Waals surface area contributed by atoms with Crippen LogP contribution in [0.15, 0.2) is 18.3 Å². The Morgan fingerprint density at radius 3 is 2.76 bits per heavy atom. The van der Waals surface area contributed by atoms with Crippen molar-refractivity contribution in [3.63, 3.8) is 0 Å². The summed E-state index contributed by atoms with van der Waals surface area (Å²) in [6.07, 6.45) is 1.57. The minimum absolute atomic E-state index is 0.0325. The molecule has 1 amide bonds. The number of amides is 1. The lowest BCUT2D eigenvalue weighted by molar-refractivity contribution is 0.0958. The van der Waals surface area contributed by atoms with Crippen LogP contribution in [-0.4, -0.2) is 35.7 Å². The molecule has 0 saturated carbocycles. The fourth-order valence-electron chi connectivity index (χ4n) is 1.41. The van der Waals surface area contributed by atoms with E-state index >= 15 is 0 Å². The average molecular weight is 237 g/mol. The molecule has 0 aliphatic heterocycles. The minimum atomic E-state index is -0.223. The van der Waals surface area contributed by atoms with E-state index in [4.69, 9.17) is 0 Å². The Kier molecular flexibility index (Phi) is 4.90. The Morgan fingerprint density at radius 1 is 1.53 bits per heavy atom. The summed E-state index contributed by atoms with van der Waals surface area (Å²) in [6.45, 7) is 4.10. The molecule has 5 nitrogen and oxygen atoms in total.